The molecule has 0 unspecified atom stereocenters. The second-order valence-corrected chi connectivity index (χ2v) is 6.99. The average molecular weight is 360 g/mol. The zero-order valence-corrected chi connectivity index (χ0v) is 14.7. The first-order valence-electron chi connectivity index (χ1n) is 8.42. The number of H-pyrrole nitrogens is 1. The Labute approximate surface area is 153 Å². The Balaban J connectivity index is 1.29. The summed E-state index contributed by atoms with van der Waals surface area (Å²) in [6, 6.07) is 12.3. The Morgan fingerprint density at radius 1 is 1.15 bits per heavy atom. The van der Waals surface area contributed by atoms with E-state index in [4.69, 9.17) is 0 Å². The summed E-state index contributed by atoms with van der Waals surface area (Å²) in [7, 11) is 0. The van der Waals surface area contributed by atoms with Gasteiger partial charge in [-0.1, -0.05) is 29.5 Å². The molecule has 0 aliphatic rings. The van der Waals surface area contributed by atoms with Crippen molar-refractivity contribution in [1.29, 1.82) is 0 Å². The summed E-state index contributed by atoms with van der Waals surface area (Å²) >= 11 is 1.56. The van der Waals surface area contributed by atoms with E-state index in [9.17, 15) is 0 Å². The number of nitrogens with one attached hydrogen (secondary N) is 2. The predicted octanol–water partition coefficient (Wildman–Crippen LogP) is 3.99. The van der Waals surface area contributed by atoms with Gasteiger partial charge >= 0.3 is 0 Å². The average Bonchev–Trinajstić information content (AvgIpc) is 3.36. The topological polar surface area (TPSA) is 70.9 Å². The number of hydrogen-bond acceptors (Lipinski definition) is 5. The minimum atomic E-state index is 0.827. The van der Waals surface area contributed by atoms with Gasteiger partial charge in [0.15, 0.2) is 0 Å². The summed E-state index contributed by atoms with van der Waals surface area (Å²) in [6.07, 6.45) is 8.53. The normalized spacial score (nSPS) is 11.4. The van der Waals surface area contributed by atoms with Crippen LogP contribution in [-0.2, 0) is 6.42 Å². The SMILES string of the molecule is c1cncc(-c2cn3nc(NCCc4c[nH]c5ccccc45)sc3n2)c1. The Morgan fingerprint density at radius 3 is 3.00 bits per heavy atom. The fourth-order valence-electron chi connectivity index (χ4n) is 3.07. The first kappa shape index (κ1) is 15.1. The lowest BCUT2D eigenvalue weighted by molar-refractivity contribution is 0.950. The molecule has 0 radical (unpaired) electrons. The van der Waals surface area contributed by atoms with Crippen LogP contribution in [0, 0.1) is 0 Å². The van der Waals surface area contributed by atoms with Gasteiger partial charge in [0.2, 0.25) is 10.1 Å². The van der Waals surface area contributed by atoms with Crippen LogP contribution in [0.4, 0.5) is 5.13 Å². The molecule has 2 N–H and O–H groups in total. The number of benzene rings is 1. The van der Waals surface area contributed by atoms with Crippen molar-refractivity contribution in [1.82, 2.24) is 24.6 Å². The van der Waals surface area contributed by atoms with E-state index in [0.29, 0.717) is 0 Å². The van der Waals surface area contributed by atoms with Gasteiger partial charge in [-0.2, -0.15) is 0 Å². The Bertz CT molecular complexity index is 1140. The van der Waals surface area contributed by atoms with E-state index < -0.39 is 0 Å². The van der Waals surface area contributed by atoms with Crippen molar-refractivity contribution < 1.29 is 0 Å². The van der Waals surface area contributed by atoms with Crippen molar-refractivity contribution in [2.45, 2.75) is 6.42 Å². The monoisotopic (exact) mass is 360 g/mol. The second kappa shape index (κ2) is 6.27. The van der Waals surface area contributed by atoms with E-state index >= 15 is 0 Å². The molecule has 26 heavy (non-hydrogen) atoms. The lowest BCUT2D eigenvalue weighted by Crippen LogP contribution is -2.04. The quantitative estimate of drug-likeness (QED) is 0.497. The van der Waals surface area contributed by atoms with Crippen molar-refractivity contribution in [3.05, 3.63) is 66.7 Å². The number of fused-ring (bicyclic) bond motifs is 2. The molecule has 6 nitrogen and oxygen atoms in total. The number of anilines is 1. The van der Waals surface area contributed by atoms with Crippen LogP contribution in [0.3, 0.4) is 0 Å². The highest BCUT2D eigenvalue weighted by Gasteiger charge is 2.10. The second-order valence-electron chi connectivity index (χ2n) is 6.04. The van der Waals surface area contributed by atoms with Crippen molar-refractivity contribution in [2.24, 2.45) is 0 Å². The van der Waals surface area contributed by atoms with E-state index in [1.54, 1.807) is 17.5 Å². The van der Waals surface area contributed by atoms with E-state index in [1.807, 2.05) is 35.1 Å². The van der Waals surface area contributed by atoms with Crippen molar-refractivity contribution in [3.63, 3.8) is 0 Å². The number of para-hydroxylation sites is 1. The van der Waals surface area contributed by atoms with Gasteiger partial charge in [-0.15, -0.1) is 5.10 Å². The number of aromatic nitrogens is 5. The number of aromatic amines is 1. The Kier molecular flexibility index (Phi) is 3.64. The van der Waals surface area contributed by atoms with Crippen molar-refractivity contribution >= 4 is 32.3 Å². The Hall–Kier alpha value is -3.19. The molecule has 0 spiro atoms. The summed E-state index contributed by atoms with van der Waals surface area (Å²) in [4.78, 5) is 13.0. The van der Waals surface area contributed by atoms with Gasteiger partial charge in [-0.05, 0) is 30.2 Å². The summed E-state index contributed by atoms with van der Waals surface area (Å²) in [6.45, 7) is 0.827. The minimum absolute atomic E-state index is 0.827. The van der Waals surface area contributed by atoms with Crippen LogP contribution in [0.1, 0.15) is 5.56 Å². The number of imidazole rings is 1. The number of hydrogen-bond donors (Lipinski definition) is 2. The maximum atomic E-state index is 4.64. The number of rotatable bonds is 5. The molecule has 1 aromatic carbocycles. The summed E-state index contributed by atoms with van der Waals surface area (Å²) in [5, 5.41) is 10.1. The van der Waals surface area contributed by atoms with Gasteiger partial charge in [0.1, 0.15) is 0 Å². The van der Waals surface area contributed by atoms with Crippen LogP contribution in [0.5, 0.6) is 0 Å². The fraction of sp³-hybridized carbons (Fsp3) is 0.105. The first-order valence-corrected chi connectivity index (χ1v) is 9.24. The van der Waals surface area contributed by atoms with Crippen LogP contribution in [0.25, 0.3) is 27.1 Å². The molecule has 5 aromatic rings. The summed E-state index contributed by atoms with van der Waals surface area (Å²) < 4.78 is 1.82. The highest BCUT2D eigenvalue weighted by atomic mass is 32.1. The van der Waals surface area contributed by atoms with Gasteiger partial charge in [-0.3, -0.25) is 4.98 Å². The van der Waals surface area contributed by atoms with Crippen molar-refractivity contribution in [3.8, 4) is 11.3 Å². The number of pyridine rings is 1. The van der Waals surface area contributed by atoms with Gasteiger partial charge in [0, 0.05) is 41.6 Å². The standard InChI is InChI=1S/C19H16N6S/c1-2-6-16-15(5-1)13(11-22-16)7-9-21-18-24-25-12-17(23-19(25)26-18)14-4-3-8-20-10-14/h1-6,8,10-12,22H,7,9H2,(H,21,24). The zero-order chi connectivity index (χ0) is 17.3. The van der Waals surface area contributed by atoms with Gasteiger partial charge in [-0.25, -0.2) is 9.50 Å². The zero-order valence-electron chi connectivity index (χ0n) is 13.9. The third kappa shape index (κ3) is 2.72. The van der Waals surface area contributed by atoms with E-state index in [-0.39, 0.29) is 0 Å². The maximum absolute atomic E-state index is 4.64. The molecule has 0 aliphatic heterocycles. The van der Waals surface area contributed by atoms with Crippen LogP contribution in [-0.4, -0.2) is 31.1 Å². The molecule has 0 amide bonds. The third-order valence-corrected chi connectivity index (χ3v) is 5.23. The van der Waals surface area contributed by atoms with Gasteiger partial charge in [0.25, 0.3) is 0 Å². The molecule has 5 rings (SSSR count). The molecule has 7 heteroatoms. The molecule has 0 fully saturated rings. The summed E-state index contributed by atoms with van der Waals surface area (Å²) in [5.74, 6) is 0. The lowest BCUT2D eigenvalue weighted by atomic mass is 10.1. The third-order valence-electron chi connectivity index (χ3n) is 4.35. The predicted molar refractivity (Wildman–Crippen MR) is 105 cm³/mol. The van der Waals surface area contributed by atoms with E-state index in [1.165, 1.54) is 16.5 Å². The van der Waals surface area contributed by atoms with Crippen LogP contribution in [0.2, 0.25) is 0 Å². The molecule has 128 valence electrons. The molecule has 0 aliphatic carbocycles. The molecule has 4 heterocycles. The van der Waals surface area contributed by atoms with Gasteiger partial charge in [0.05, 0.1) is 11.9 Å². The molecular weight excluding hydrogens is 344 g/mol. The fourth-order valence-corrected chi connectivity index (χ4v) is 3.87. The van der Waals surface area contributed by atoms with Crippen LogP contribution in [0.15, 0.2) is 61.2 Å². The van der Waals surface area contributed by atoms with Gasteiger partial charge < -0.3 is 10.3 Å². The highest BCUT2D eigenvalue weighted by molar-refractivity contribution is 7.20. The highest BCUT2D eigenvalue weighted by Crippen LogP contribution is 2.24. The molecule has 0 saturated carbocycles. The van der Waals surface area contributed by atoms with Crippen LogP contribution < -0.4 is 5.32 Å². The van der Waals surface area contributed by atoms with Crippen molar-refractivity contribution in [2.75, 3.05) is 11.9 Å². The van der Waals surface area contributed by atoms with Crippen LogP contribution >= 0.6 is 11.3 Å². The lowest BCUT2D eigenvalue weighted by Gasteiger charge is -2.01. The minimum Gasteiger partial charge on any atom is -0.361 e. The molecule has 0 atom stereocenters. The Morgan fingerprint density at radius 2 is 2.12 bits per heavy atom. The smallest absolute Gasteiger partial charge is 0.214 e. The largest absolute Gasteiger partial charge is 0.361 e. The first-order chi connectivity index (χ1) is 12.9. The maximum Gasteiger partial charge on any atom is 0.214 e. The van der Waals surface area contributed by atoms with E-state index in [0.717, 1.165) is 34.3 Å². The molecule has 0 bridgehead atoms. The molecule has 4 aromatic heterocycles. The van der Waals surface area contributed by atoms with E-state index in [2.05, 4.69) is 49.8 Å². The summed E-state index contributed by atoms with van der Waals surface area (Å²) in [5.41, 5.74) is 4.38. The molecular formula is C19H16N6S. The number of nitrogens with zero attached hydrogens (tertiary/aromatic N) is 4. The molecule has 0 saturated heterocycles.